The zero-order chi connectivity index (χ0) is 24.7. The summed E-state index contributed by atoms with van der Waals surface area (Å²) >= 11 is 0. The molecule has 0 aromatic heterocycles. The Bertz CT molecular complexity index is 1030. The third kappa shape index (κ3) is 5.71. The molecule has 4 amide bonds. The molecule has 180 valence electrons. The Morgan fingerprint density at radius 3 is 2.26 bits per heavy atom. The summed E-state index contributed by atoms with van der Waals surface area (Å²) in [5.74, 6) is -0.979. The molecule has 0 spiro atoms. The highest BCUT2D eigenvalue weighted by molar-refractivity contribution is 6.21. The summed E-state index contributed by atoms with van der Waals surface area (Å²) in [6.45, 7) is 6.91. The lowest BCUT2D eigenvalue weighted by Gasteiger charge is -2.31. The molecule has 0 saturated carbocycles. The fraction of sp³-hybridized carbons (Fsp3) is 0.407. The number of rotatable bonds is 11. The van der Waals surface area contributed by atoms with E-state index in [4.69, 9.17) is 0 Å². The normalized spacial score (nSPS) is 13.6. The number of carbonyl (C=O) groups excluding carboxylic acids is 4. The van der Waals surface area contributed by atoms with Gasteiger partial charge < -0.3 is 10.2 Å². The first-order valence-corrected chi connectivity index (χ1v) is 11.9. The molecule has 0 fully saturated rings. The van der Waals surface area contributed by atoms with Crippen molar-refractivity contribution >= 4 is 23.6 Å². The highest BCUT2D eigenvalue weighted by atomic mass is 16.2. The Kier molecular flexibility index (Phi) is 8.57. The minimum atomic E-state index is -0.584. The average Bonchev–Trinajstić information content (AvgIpc) is 3.07. The second-order valence-electron chi connectivity index (χ2n) is 8.64. The maximum atomic E-state index is 13.3. The number of amides is 4. The first kappa shape index (κ1) is 25.1. The van der Waals surface area contributed by atoms with Crippen LogP contribution in [0.2, 0.25) is 0 Å². The van der Waals surface area contributed by atoms with Crippen LogP contribution in [0, 0.1) is 6.92 Å². The number of carbonyl (C=O) groups is 4. The van der Waals surface area contributed by atoms with Crippen LogP contribution in [0.5, 0.6) is 0 Å². The lowest BCUT2D eigenvalue weighted by molar-refractivity contribution is -0.141. The summed E-state index contributed by atoms with van der Waals surface area (Å²) in [5, 5.41) is 2.91. The number of nitrogens with one attached hydrogen (secondary N) is 1. The standard InChI is InChI=1S/C27H33N3O4/c1-4-15-28-25(32)23(5-2)30(18-20-11-8-10-19(3)17-20)24(31)14-9-16-29-26(33)21-12-6-7-13-22(21)27(29)34/h6-8,10-13,17,23H,4-5,9,14-16,18H2,1-3H3,(H,28,32)/t23-/m1/s1. The van der Waals surface area contributed by atoms with E-state index in [9.17, 15) is 19.2 Å². The van der Waals surface area contributed by atoms with E-state index >= 15 is 0 Å². The van der Waals surface area contributed by atoms with Crippen LogP contribution in [0.15, 0.2) is 48.5 Å². The molecule has 2 aromatic carbocycles. The van der Waals surface area contributed by atoms with Gasteiger partial charge in [0.05, 0.1) is 11.1 Å². The molecule has 7 nitrogen and oxygen atoms in total. The molecular formula is C27H33N3O4. The van der Waals surface area contributed by atoms with Crippen molar-refractivity contribution in [1.29, 1.82) is 0 Å². The molecule has 1 N–H and O–H groups in total. The molecule has 7 heteroatoms. The average molecular weight is 464 g/mol. The molecule has 1 heterocycles. The zero-order valence-corrected chi connectivity index (χ0v) is 20.2. The van der Waals surface area contributed by atoms with Crippen molar-refractivity contribution in [3.05, 3.63) is 70.8 Å². The van der Waals surface area contributed by atoms with E-state index in [1.54, 1.807) is 29.2 Å². The van der Waals surface area contributed by atoms with E-state index in [1.165, 1.54) is 4.90 Å². The second-order valence-corrected chi connectivity index (χ2v) is 8.64. The Balaban J connectivity index is 1.70. The Morgan fingerprint density at radius 1 is 1.00 bits per heavy atom. The van der Waals surface area contributed by atoms with Crippen LogP contribution < -0.4 is 5.32 Å². The summed E-state index contributed by atoms with van der Waals surface area (Å²) in [4.78, 5) is 54.2. The topological polar surface area (TPSA) is 86.8 Å². The van der Waals surface area contributed by atoms with Gasteiger partial charge in [0, 0.05) is 26.1 Å². The van der Waals surface area contributed by atoms with E-state index in [1.807, 2.05) is 45.0 Å². The molecule has 0 unspecified atom stereocenters. The van der Waals surface area contributed by atoms with Crippen LogP contribution in [0.4, 0.5) is 0 Å². The van der Waals surface area contributed by atoms with Crippen LogP contribution in [-0.4, -0.2) is 52.6 Å². The smallest absolute Gasteiger partial charge is 0.261 e. The number of hydrogen-bond donors (Lipinski definition) is 1. The molecule has 3 rings (SSSR count). The second kappa shape index (κ2) is 11.6. The lowest BCUT2D eigenvalue weighted by Crippen LogP contribution is -2.49. The molecule has 1 atom stereocenters. The Hall–Kier alpha value is -3.48. The molecule has 0 saturated heterocycles. The first-order valence-electron chi connectivity index (χ1n) is 11.9. The zero-order valence-electron chi connectivity index (χ0n) is 20.2. The van der Waals surface area contributed by atoms with Gasteiger partial charge in [0.2, 0.25) is 11.8 Å². The van der Waals surface area contributed by atoms with E-state index < -0.39 is 6.04 Å². The van der Waals surface area contributed by atoms with Crippen LogP contribution in [0.1, 0.15) is 71.4 Å². The van der Waals surface area contributed by atoms with Gasteiger partial charge >= 0.3 is 0 Å². The summed E-state index contributed by atoms with van der Waals surface area (Å²) in [6, 6.07) is 14.0. The van der Waals surface area contributed by atoms with Gasteiger partial charge in [0.25, 0.3) is 11.8 Å². The quantitative estimate of drug-likeness (QED) is 0.515. The largest absolute Gasteiger partial charge is 0.354 e. The van der Waals surface area contributed by atoms with Crippen LogP contribution in [0.3, 0.4) is 0 Å². The summed E-state index contributed by atoms with van der Waals surface area (Å²) in [7, 11) is 0. The molecule has 2 aromatic rings. The van der Waals surface area contributed by atoms with Crippen molar-refractivity contribution in [3.8, 4) is 0 Å². The predicted octanol–water partition coefficient (Wildman–Crippen LogP) is 3.70. The van der Waals surface area contributed by atoms with Gasteiger partial charge in [-0.3, -0.25) is 24.1 Å². The van der Waals surface area contributed by atoms with Crippen molar-refractivity contribution in [2.75, 3.05) is 13.1 Å². The molecule has 1 aliphatic rings. The first-order chi connectivity index (χ1) is 16.4. The predicted molar refractivity (Wildman–Crippen MR) is 130 cm³/mol. The number of benzene rings is 2. The van der Waals surface area contributed by atoms with E-state index in [2.05, 4.69) is 5.32 Å². The fourth-order valence-corrected chi connectivity index (χ4v) is 4.27. The lowest BCUT2D eigenvalue weighted by atomic mass is 10.1. The maximum absolute atomic E-state index is 13.3. The molecule has 0 bridgehead atoms. The SMILES string of the molecule is CCCNC(=O)[C@@H](CC)N(Cc1cccc(C)c1)C(=O)CCCN1C(=O)c2ccccc2C1=O. The van der Waals surface area contributed by atoms with E-state index in [0.29, 0.717) is 37.1 Å². The highest BCUT2D eigenvalue weighted by Crippen LogP contribution is 2.23. The van der Waals surface area contributed by atoms with E-state index in [0.717, 1.165) is 17.5 Å². The minimum Gasteiger partial charge on any atom is -0.354 e. The number of fused-ring (bicyclic) bond motifs is 1. The van der Waals surface area contributed by atoms with E-state index in [-0.39, 0.29) is 36.6 Å². The Morgan fingerprint density at radius 2 is 1.68 bits per heavy atom. The van der Waals surface area contributed by atoms with Crippen molar-refractivity contribution in [2.45, 2.75) is 59.0 Å². The monoisotopic (exact) mass is 463 g/mol. The van der Waals surface area contributed by atoms with Crippen molar-refractivity contribution < 1.29 is 19.2 Å². The van der Waals surface area contributed by atoms with Crippen LogP contribution in [0.25, 0.3) is 0 Å². The van der Waals surface area contributed by atoms with Crippen molar-refractivity contribution in [2.24, 2.45) is 0 Å². The third-order valence-electron chi connectivity index (χ3n) is 6.02. The number of hydrogen-bond acceptors (Lipinski definition) is 4. The highest BCUT2D eigenvalue weighted by Gasteiger charge is 2.35. The number of aryl methyl sites for hydroxylation is 1. The molecule has 0 radical (unpaired) electrons. The number of nitrogens with zero attached hydrogens (tertiary/aromatic N) is 2. The molecule has 34 heavy (non-hydrogen) atoms. The summed E-state index contributed by atoms with van der Waals surface area (Å²) < 4.78 is 0. The van der Waals surface area contributed by atoms with Crippen molar-refractivity contribution in [3.63, 3.8) is 0 Å². The van der Waals surface area contributed by atoms with Gasteiger partial charge in [0.1, 0.15) is 6.04 Å². The van der Waals surface area contributed by atoms with Crippen LogP contribution in [-0.2, 0) is 16.1 Å². The molecular weight excluding hydrogens is 430 g/mol. The van der Waals surface area contributed by atoms with Gasteiger partial charge in [-0.1, -0.05) is 55.8 Å². The third-order valence-corrected chi connectivity index (χ3v) is 6.02. The fourth-order valence-electron chi connectivity index (χ4n) is 4.27. The van der Waals surface area contributed by atoms with Gasteiger partial charge in [0.15, 0.2) is 0 Å². The van der Waals surface area contributed by atoms with Gasteiger partial charge in [-0.05, 0) is 43.9 Å². The van der Waals surface area contributed by atoms with Gasteiger partial charge in [-0.15, -0.1) is 0 Å². The summed E-state index contributed by atoms with van der Waals surface area (Å²) in [5.41, 5.74) is 2.84. The van der Waals surface area contributed by atoms with Crippen LogP contribution >= 0.6 is 0 Å². The van der Waals surface area contributed by atoms with Gasteiger partial charge in [-0.2, -0.15) is 0 Å². The maximum Gasteiger partial charge on any atom is 0.261 e. The van der Waals surface area contributed by atoms with Gasteiger partial charge in [-0.25, -0.2) is 0 Å². The minimum absolute atomic E-state index is 0.136. The number of imide groups is 1. The summed E-state index contributed by atoms with van der Waals surface area (Å²) in [6.07, 6.45) is 1.78. The Labute approximate surface area is 201 Å². The molecule has 0 aliphatic carbocycles. The molecule has 1 aliphatic heterocycles. The van der Waals surface area contributed by atoms with Crippen molar-refractivity contribution in [1.82, 2.24) is 15.1 Å².